The highest BCUT2D eigenvalue weighted by atomic mass is 35.5. The summed E-state index contributed by atoms with van der Waals surface area (Å²) in [5, 5.41) is 6.12. The van der Waals surface area contributed by atoms with E-state index in [0.717, 1.165) is 32.6 Å². The summed E-state index contributed by atoms with van der Waals surface area (Å²) in [6, 6.07) is 0. The molecular formula is C12H20ClN3O2. The number of hydrogen-bond acceptors (Lipinski definition) is 3. The van der Waals surface area contributed by atoms with Crippen LogP contribution in [0.4, 0.5) is 0 Å². The van der Waals surface area contributed by atoms with Gasteiger partial charge < -0.3 is 15.5 Å². The Morgan fingerprint density at radius 3 is 2.83 bits per heavy atom. The first-order valence-corrected chi connectivity index (χ1v) is 6.45. The lowest BCUT2D eigenvalue weighted by molar-refractivity contribution is -0.135. The molecule has 0 aromatic rings. The molecule has 1 spiro atoms. The summed E-state index contributed by atoms with van der Waals surface area (Å²) in [5.74, 6) is 0.0685. The minimum Gasteiger partial charge on any atom is -0.355 e. The van der Waals surface area contributed by atoms with Gasteiger partial charge in [-0.15, -0.1) is 12.4 Å². The maximum atomic E-state index is 12.2. The molecule has 0 saturated carbocycles. The summed E-state index contributed by atoms with van der Waals surface area (Å²) >= 11 is 0. The molecule has 2 amide bonds. The summed E-state index contributed by atoms with van der Waals surface area (Å²) < 4.78 is 0. The third-order valence-electron chi connectivity index (χ3n) is 4.41. The van der Waals surface area contributed by atoms with Crippen LogP contribution in [0.5, 0.6) is 0 Å². The van der Waals surface area contributed by atoms with E-state index in [-0.39, 0.29) is 30.1 Å². The van der Waals surface area contributed by atoms with E-state index in [1.165, 1.54) is 6.42 Å². The number of nitrogens with zero attached hydrogens (tertiary/aromatic N) is 1. The van der Waals surface area contributed by atoms with E-state index in [2.05, 4.69) is 10.6 Å². The second-order valence-corrected chi connectivity index (χ2v) is 5.64. The van der Waals surface area contributed by atoms with Gasteiger partial charge in [0.05, 0.1) is 5.92 Å². The van der Waals surface area contributed by atoms with Crippen LogP contribution in [0.25, 0.3) is 0 Å². The minimum absolute atomic E-state index is 0. The molecule has 0 bridgehead atoms. The van der Waals surface area contributed by atoms with E-state index < -0.39 is 0 Å². The van der Waals surface area contributed by atoms with Crippen LogP contribution in [0, 0.1) is 11.3 Å². The van der Waals surface area contributed by atoms with E-state index in [1.807, 2.05) is 4.90 Å². The number of likely N-dealkylation sites (tertiary alicyclic amines) is 1. The fourth-order valence-electron chi connectivity index (χ4n) is 3.31. The van der Waals surface area contributed by atoms with E-state index in [1.54, 1.807) is 0 Å². The van der Waals surface area contributed by atoms with Gasteiger partial charge in [-0.3, -0.25) is 9.59 Å². The second kappa shape index (κ2) is 5.05. The molecule has 2 atom stereocenters. The van der Waals surface area contributed by atoms with E-state index in [9.17, 15) is 9.59 Å². The molecule has 102 valence electrons. The molecule has 0 aromatic heterocycles. The first-order valence-electron chi connectivity index (χ1n) is 6.45. The van der Waals surface area contributed by atoms with Crippen molar-refractivity contribution in [1.82, 2.24) is 15.5 Å². The number of carbonyl (C=O) groups excluding carboxylic acids is 2. The van der Waals surface area contributed by atoms with Gasteiger partial charge in [0, 0.05) is 38.0 Å². The predicted molar refractivity (Wildman–Crippen MR) is 69.5 cm³/mol. The largest absolute Gasteiger partial charge is 0.355 e. The average Bonchev–Trinajstić information content (AvgIpc) is 3.02. The molecule has 0 aliphatic carbocycles. The normalized spacial score (nSPS) is 34.8. The highest BCUT2D eigenvalue weighted by Crippen LogP contribution is 2.36. The summed E-state index contributed by atoms with van der Waals surface area (Å²) in [6.07, 6.45) is 2.67. The van der Waals surface area contributed by atoms with Crippen molar-refractivity contribution in [3.05, 3.63) is 0 Å². The molecule has 3 rings (SSSR count). The number of amides is 2. The Labute approximate surface area is 113 Å². The van der Waals surface area contributed by atoms with Gasteiger partial charge in [-0.2, -0.15) is 0 Å². The highest BCUT2D eigenvalue weighted by Gasteiger charge is 2.43. The van der Waals surface area contributed by atoms with Crippen molar-refractivity contribution in [1.29, 1.82) is 0 Å². The number of rotatable bonds is 1. The van der Waals surface area contributed by atoms with Crippen LogP contribution in [0.1, 0.15) is 19.3 Å². The minimum atomic E-state index is -0.119. The van der Waals surface area contributed by atoms with Crippen LogP contribution in [0.3, 0.4) is 0 Å². The van der Waals surface area contributed by atoms with Crippen LogP contribution in [-0.4, -0.2) is 49.4 Å². The Bertz CT molecular complexity index is 355. The fourth-order valence-corrected chi connectivity index (χ4v) is 3.31. The molecule has 3 heterocycles. The van der Waals surface area contributed by atoms with Crippen LogP contribution in [0.2, 0.25) is 0 Å². The highest BCUT2D eigenvalue weighted by molar-refractivity contribution is 5.89. The fraction of sp³-hybridized carbons (Fsp3) is 0.833. The van der Waals surface area contributed by atoms with Gasteiger partial charge in [0.25, 0.3) is 0 Å². The Kier molecular flexibility index (Phi) is 3.82. The first kappa shape index (κ1) is 13.6. The van der Waals surface area contributed by atoms with E-state index >= 15 is 0 Å². The van der Waals surface area contributed by atoms with Crippen LogP contribution < -0.4 is 10.6 Å². The predicted octanol–water partition coefficient (Wildman–Crippen LogP) is -0.244. The average molecular weight is 274 g/mol. The molecule has 0 aromatic carbocycles. The van der Waals surface area contributed by atoms with Gasteiger partial charge in [-0.05, 0) is 19.4 Å². The standard InChI is InChI=1S/C12H19N3O2.ClH/c16-10-5-9(6-14-10)11(17)15-4-2-12(8-15)1-3-13-7-12;/h9,13H,1-8H2,(H,14,16);1H. The lowest BCUT2D eigenvalue weighted by Crippen LogP contribution is -2.37. The molecule has 6 heteroatoms. The van der Waals surface area contributed by atoms with Crippen molar-refractivity contribution in [3.63, 3.8) is 0 Å². The molecule has 5 nitrogen and oxygen atoms in total. The zero-order valence-corrected chi connectivity index (χ0v) is 11.2. The molecule has 3 aliphatic heterocycles. The summed E-state index contributed by atoms with van der Waals surface area (Å²) in [4.78, 5) is 25.3. The van der Waals surface area contributed by atoms with Crippen molar-refractivity contribution in [2.75, 3.05) is 32.7 Å². The number of hydrogen-bond donors (Lipinski definition) is 2. The van der Waals surface area contributed by atoms with Gasteiger partial charge in [0.2, 0.25) is 11.8 Å². The van der Waals surface area contributed by atoms with Gasteiger partial charge in [0.1, 0.15) is 0 Å². The van der Waals surface area contributed by atoms with Crippen molar-refractivity contribution >= 4 is 24.2 Å². The number of halogens is 1. The third kappa shape index (κ3) is 2.34. The topological polar surface area (TPSA) is 61.4 Å². The Morgan fingerprint density at radius 1 is 1.39 bits per heavy atom. The van der Waals surface area contributed by atoms with Crippen LogP contribution >= 0.6 is 12.4 Å². The molecule has 3 aliphatic rings. The molecule has 2 unspecified atom stereocenters. The maximum absolute atomic E-state index is 12.2. The van der Waals surface area contributed by atoms with Gasteiger partial charge >= 0.3 is 0 Å². The van der Waals surface area contributed by atoms with Crippen molar-refractivity contribution in [2.45, 2.75) is 19.3 Å². The van der Waals surface area contributed by atoms with E-state index in [0.29, 0.717) is 18.4 Å². The Morgan fingerprint density at radius 2 is 2.22 bits per heavy atom. The summed E-state index contributed by atoms with van der Waals surface area (Å²) in [5.41, 5.74) is 0.325. The summed E-state index contributed by atoms with van der Waals surface area (Å²) in [7, 11) is 0. The first-order chi connectivity index (χ1) is 8.19. The van der Waals surface area contributed by atoms with E-state index in [4.69, 9.17) is 0 Å². The molecular weight excluding hydrogens is 254 g/mol. The molecule has 3 fully saturated rings. The Balaban J connectivity index is 0.00000120. The number of carbonyl (C=O) groups is 2. The lowest BCUT2D eigenvalue weighted by Gasteiger charge is -2.24. The van der Waals surface area contributed by atoms with Gasteiger partial charge in [-0.25, -0.2) is 0 Å². The second-order valence-electron chi connectivity index (χ2n) is 5.64. The quantitative estimate of drug-likeness (QED) is 0.693. The zero-order valence-electron chi connectivity index (χ0n) is 10.4. The van der Waals surface area contributed by atoms with Gasteiger partial charge in [0.15, 0.2) is 0 Å². The van der Waals surface area contributed by atoms with Crippen molar-refractivity contribution < 1.29 is 9.59 Å². The SMILES string of the molecule is Cl.O=C1CC(C(=O)N2CCC3(CCNC3)C2)CN1. The van der Waals surface area contributed by atoms with Crippen LogP contribution in [-0.2, 0) is 9.59 Å². The molecule has 0 radical (unpaired) electrons. The lowest BCUT2D eigenvalue weighted by atomic mass is 9.86. The van der Waals surface area contributed by atoms with Gasteiger partial charge in [-0.1, -0.05) is 0 Å². The Hall–Kier alpha value is -0.810. The third-order valence-corrected chi connectivity index (χ3v) is 4.41. The van der Waals surface area contributed by atoms with Crippen molar-refractivity contribution in [2.24, 2.45) is 11.3 Å². The molecule has 3 saturated heterocycles. The zero-order chi connectivity index (χ0) is 11.9. The van der Waals surface area contributed by atoms with Crippen LogP contribution in [0.15, 0.2) is 0 Å². The summed E-state index contributed by atoms with van der Waals surface area (Å²) in [6.45, 7) is 4.39. The molecule has 2 N–H and O–H groups in total. The maximum Gasteiger partial charge on any atom is 0.228 e. The van der Waals surface area contributed by atoms with Crippen molar-refractivity contribution in [3.8, 4) is 0 Å². The smallest absolute Gasteiger partial charge is 0.228 e. The number of nitrogens with one attached hydrogen (secondary N) is 2. The monoisotopic (exact) mass is 273 g/mol. The molecule has 18 heavy (non-hydrogen) atoms.